The monoisotopic (exact) mass is 645 g/mol. The molecule has 5 aromatic rings. The van der Waals surface area contributed by atoms with Crippen LogP contribution in [0, 0.1) is 12.8 Å². The van der Waals surface area contributed by atoms with E-state index in [1.807, 2.05) is 0 Å². The molecule has 0 aromatic heterocycles. The summed E-state index contributed by atoms with van der Waals surface area (Å²) in [6.45, 7) is 7.14. The van der Waals surface area contributed by atoms with Crippen LogP contribution in [0.25, 0.3) is 11.1 Å². The van der Waals surface area contributed by atoms with Crippen molar-refractivity contribution in [2.24, 2.45) is 5.92 Å². The summed E-state index contributed by atoms with van der Waals surface area (Å²) < 4.78 is 0. The minimum absolute atomic E-state index is 0.192. The second-order valence-electron chi connectivity index (χ2n) is 14.7. The fourth-order valence-electron chi connectivity index (χ4n) is 8.35. The quantitative estimate of drug-likeness (QED) is 0.150. The van der Waals surface area contributed by atoms with Crippen LogP contribution in [-0.4, -0.2) is 14.6 Å². The Labute approximate surface area is 300 Å². The van der Waals surface area contributed by atoms with Gasteiger partial charge in [0, 0.05) is 17.1 Å². The molecule has 0 radical (unpaired) electrons. The summed E-state index contributed by atoms with van der Waals surface area (Å²) in [5.74, 6) is 0.519. The van der Waals surface area contributed by atoms with Gasteiger partial charge in [0.05, 0.1) is 0 Å². The lowest BCUT2D eigenvalue weighted by Gasteiger charge is -2.31. The Morgan fingerprint density at radius 2 is 1.50 bits per heavy atom. The number of rotatable bonds is 8. The Hall–Kier alpha value is -5.01. The maximum atomic E-state index is 2.50. The van der Waals surface area contributed by atoms with Gasteiger partial charge < -0.3 is 4.90 Å². The Kier molecular flexibility index (Phi) is 8.84. The normalized spacial score (nSPS) is 16.2. The highest BCUT2D eigenvalue weighted by atomic mass is 15.1. The van der Waals surface area contributed by atoms with Crippen LogP contribution in [0.2, 0.25) is 0 Å². The van der Waals surface area contributed by atoms with Gasteiger partial charge in [-0.05, 0) is 116 Å². The van der Waals surface area contributed by atoms with Crippen molar-refractivity contribution in [3.63, 3.8) is 0 Å². The first-order chi connectivity index (χ1) is 24.4. The molecule has 8 rings (SSSR count). The van der Waals surface area contributed by atoms with E-state index in [0.29, 0.717) is 5.92 Å². The van der Waals surface area contributed by atoms with Crippen LogP contribution in [0.4, 0.5) is 11.4 Å². The van der Waals surface area contributed by atoms with Crippen molar-refractivity contribution in [3.05, 3.63) is 184 Å². The number of aryl methyl sites for hydroxylation is 1. The van der Waals surface area contributed by atoms with Crippen molar-refractivity contribution in [1.29, 1.82) is 0 Å². The van der Waals surface area contributed by atoms with Gasteiger partial charge in [0.15, 0.2) is 0 Å². The van der Waals surface area contributed by atoms with Gasteiger partial charge >= 0.3 is 0 Å². The van der Waals surface area contributed by atoms with E-state index in [9.17, 15) is 0 Å². The molecule has 3 aliphatic carbocycles. The Bertz CT molecular complexity index is 2200. The van der Waals surface area contributed by atoms with Crippen molar-refractivity contribution < 1.29 is 0 Å². The van der Waals surface area contributed by atoms with Crippen molar-refractivity contribution in [3.8, 4) is 11.1 Å². The van der Waals surface area contributed by atoms with E-state index in [1.54, 1.807) is 5.47 Å². The van der Waals surface area contributed by atoms with Crippen LogP contribution in [0.15, 0.2) is 156 Å². The molecule has 0 N–H and O–H groups in total. The zero-order valence-corrected chi connectivity index (χ0v) is 29.9. The summed E-state index contributed by atoms with van der Waals surface area (Å²) >= 11 is 0. The van der Waals surface area contributed by atoms with E-state index in [0.717, 1.165) is 32.1 Å². The highest BCUT2D eigenvalue weighted by molar-refractivity contribution is 6.91. The number of benzene rings is 5. The molecule has 50 heavy (non-hydrogen) atoms. The first kappa shape index (κ1) is 32.2. The third-order valence-electron chi connectivity index (χ3n) is 11.1. The molecule has 0 fully saturated rings. The summed E-state index contributed by atoms with van der Waals surface area (Å²) in [7, 11) is 2.18. The molecule has 0 heterocycles. The molecule has 0 aliphatic heterocycles. The van der Waals surface area contributed by atoms with Crippen molar-refractivity contribution in [2.75, 3.05) is 4.90 Å². The third-order valence-corrected chi connectivity index (χ3v) is 11.1. The highest BCUT2D eigenvalue weighted by Gasteiger charge is 2.31. The van der Waals surface area contributed by atoms with Gasteiger partial charge in [0.25, 0.3) is 0 Å². The molecule has 1 atom stereocenters. The topological polar surface area (TPSA) is 3.24 Å². The summed E-state index contributed by atoms with van der Waals surface area (Å²) in [4.78, 5) is 2.50. The van der Waals surface area contributed by atoms with E-state index in [1.165, 1.54) is 78.0 Å². The number of anilines is 2. The van der Waals surface area contributed by atoms with Crippen molar-refractivity contribution in [2.45, 2.75) is 52.9 Å². The molecule has 0 amide bonds. The Balaban J connectivity index is 1.32. The molecule has 1 nitrogen and oxygen atoms in total. The van der Waals surface area contributed by atoms with Crippen LogP contribution in [0.1, 0.15) is 60.9 Å². The van der Waals surface area contributed by atoms with Crippen LogP contribution in [0.3, 0.4) is 0 Å². The molecule has 0 spiro atoms. The van der Waals surface area contributed by atoms with Gasteiger partial charge in [-0.2, -0.15) is 0 Å². The van der Waals surface area contributed by atoms with Gasteiger partial charge in [0.2, 0.25) is 6.71 Å². The minimum atomic E-state index is 0.192. The second kappa shape index (κ2) is 13.7. The average Bonchev–Trinajstić information content (AvgIpc) is 3.51. The maximum absolute atomic E-state index is 2.50. The molecule has 1 unspecified atom stereocenters. The zero-order valence-electron chi connectivity index (χ0n) is 29.9. The number of hydrogen-bond donors (Lipinski definition) is 0. The molecule has 244 valence electrons. The SMILES string of the molecule is Bc1ccc(Cc2cc(N(C3=CCCC=C3)c3ccc4c(c3)-c3ccccc3C4)ccc2B(C2=C(C)C=CC(C)C2)c2ccccc2C)cc1. The fraction of sp³-hybridized carbons (Fsp3) is 0.191. The summed E-state index contributed by atoms with van der Waals surface area (Å²) in [5, 5.41) is 0. The predicted octanol–water partition coefficient (Wildman–Crippen LogP) is 8.85. The lowest BCUT2D eigenvalue weighted by Crippen LogP contribution is -2.48. The van der Waals surface area contributed by atoms with E-state index in [4.69, 9.17) is 0 Å². The smallest absolute Gasteiger partial charge is 0.238 e. The lowest BCUT2D eigenvalue weighted by atomic mass is 9.33. The molecule has 0 bridgehead atoms. The van der Waals surface area contributed by atoms with E-state index in [2.05, 4.69) is 173 Å². The van der Waals surface area contributed by atoms with E-state index in [-0.39, 0.29) is 6.71 Å². The van der Waals surface area contributed by atoms with Crippen LogP contribution >= 0.6 is 0 Å². The molecular weight excluding hydrogens is 600 g/mol. The predicted molar refractivity (Wildman–Crippen MR) is 219 cm³/mol. The fourth-order valence-corrected chi connectivity index (χ4v) is 8.35. The first-order valence-corrected chi connectivity index (χ1v) is 18.4. The number of allylic oxidation sites excluding steroid dienone is 7. The first-order valence-electron chi connectivity index (χ1n) is 18.4. The maximum Gasteiger partial charge on any atom is 0.238 e. The summed E-state index contributed by atoms with van der Waals surface area (Å²) in [6, 6.07) is 41.5. The molecule has 3 aliphatic rings. The molecule has 0 saturated heterocycles. The second-order valence-corrected chi connectivity index (χ2v) is 14.7. The number of nitrogens with zero attached hydrogens (tertiary/aromatic N) is 1. The van der Waals surface area contributed by atoms with Crippen LogP contribution < -0.4 is 21.3 Å². The standard InChI is InChI=1S/C47H45B2N/c1-32-17-18-34(3)47(27-32)49(45-16-10-7-11-33(45)2)46-26-25-41(30-38(46)28-35-19-22-39(48)23-20-35)50(40-13-5-4-6-14-40)42-24-21-37-29-36-12-8-9-15-43(36)44(37)31-42/h5,7-26,30-32H,4,6,27-29,48H2,1-3H3. The van der Waals surface area contributed by atoms with E-state index >= 15 is 0 Å². The van der Waals surface area contributed by atoms with Gasteiger partial charge in [-0.25, -0.2) is 0 Å². The summed E-state index contributed by atoms with van der Waals surface area (Å²) in [6.07, 6.45) is 16.9. The van der Waals surface area contributed by atoms with Gasteiger partial charge in [-0.15, -0.1) is 0 Å². The summed E-state index contributed by atoms with van der Waals surface area (Å²) in [5.41, 5.74) is 20.4. The van der Waals surface area contributed by atoms with E-state index < -0.39 is 0 Å². The average molecular weight is 646 g/mol. The van der Waals surface area contributed by atoms with Crippen LogP contribution in [-0.2, 0) is 12.8 Å². The number of hydrogen-bond acceptors (Lipinski definition) is 1. The zero-order chi connectivity index (χ0) is 34.2. The van der Waals surface area contributed by atoms with Crippen molar-refractivity contribution in [1.82, 2.24) is 0 Å². The van der Waals surface area contributed by atoms with Gasteiger partial charge in [-0.1, -0.05) is 149 Å². The number of fused-ring (bicyclic) bond motifs is 3. The van der Waals surface area contributed by atoms with Gasteiger partial charge in [-0.3, -0.25) is 0 Å². The molecule has 3 heteroatoms. The lowest BCUT2D eigenvalue weighted by molar-refractivity contribution is 0.720. The third kappa shape index (κ3) is 6.27. The molecular formula is C47H45B2N. The van der Waals surface area contributed by atoms with Gasteiger partial charge in [0.1, 0.15) is 7.85 Å². The van der Waals surface area contributed by atoms with Crippen LogP contribution in [0.5, 0.6) is 0 Å². The highest BCUT2D eigenvalue weighted by Crippen LogP contribution is 2.41. The Morgan fingerprint density at radius 1 is 0.740 bits per heavy atom. The molecule has 0 saturated carbocycles. The van der Waals surface area contributed by atoms with Crippen molar-refractivity contribution >= 4 is 42.3 Å². The Morgan fingerprint density at radius 3 is 2.32 bits per heavy atom. The largest absolute Gasteiger partial charge is 0.311 e. The minimum Gasteiger partial charge on any atom is -0.311 e. The molecule has 5 aromatic carbocycles.